The van der Waals surface area contributed by atoms with Crippen LogP contribution in [-0.2, 0) is 4.79 Å². The van der Waals surface area contributed by atoms with E-state index in [9.17, 15) is 4.79 Å². The Labute approximate surface area is 89.1 Å². The number of rotatable bonds is 2. The van der Waals surface area contributed by atoms with Crippen LogP contribution in [0.4, 0.5) is 11.4 Å². The van der Waals surface area contributed by atoms with Gasteiger partial charge in [0.25, 0.3) is 0 Å². The minimum absolute atomic E-state index is 0.00824. The number of diazo groups is 1. The van der Waals surface area contributed by atoms with Gasteiger partial charge in [0.2, 0.25) is 11.3 Å². The second kappa shape index (κ2) is 4.56. The molecule has 0 bridgehead atoms. The van der Waals surface area contributed by atoms with Crippen molar-refractivity contribution < 1.29 is 4.79 Å². The molecular formula is C11H14N3O+. The van der Waals surface area contributed by atoms with Crippen LogP contribution >= 0.6 is 0 Å². The Kier molecular flexibility index (Phi) is 3.40. The molecule has 0 spiro atoms. The zero-order chi connectivity index (χ0) is 11.4. The van der Waals surface area contributed by atoms with Gasteiger partial charge in [-0.3, -0.25) is 4.79 Å². The number of anilines is 1. The fourth-order valence-electron chi connectivity index (χ4n) is 1.34. The zero-order valence-electron chi connectivity index (χ0n) is 9.14. The molecule has 4 heteroatoms. The second-order valence-corrected chi connectivity index (χ2v) is 3.64. The standard InChI is InChI=1S/C11H14N3O/c1-8(2)11(15)14(3)10-7-5-4-6-9(10)13-12/h4-8H,1-3H3/q+1. The number of hydrogen-bond donors (Lipinski definition) is 0. The molecule has 78 valence electrons. The molecule has 0 atom stereocenters. The fourth-order valence-corrected chi connectivity index (χ4v) is 1.34. The first kappa shape index (κ1) is 11.2. The molecule has 0 N–H and O–H groups in total. The van der Waals surface area contributed by atoms with Gasteiger partial charge in [-0.2, -0.15) is 0 Å². The van der Waals surface area contributed by atoms with Gasteiger partial charge < -0.3 is 4.90 Å². The molecule has 4 nitrogen and oxygen atoms in total. The molecule has 1 amide bonds. The van der Waals surface area contributed by atoms with Crippen molar-refractivity contribution in [2.75, 3.05) is 11.9 Å². The van der Waals surface area contributed by atoms with E-state index in [1.165, 1.54) is 4.90 Å². The molecule has 0 aliphatic heterocycles. The normalized spacial score (nSPS) is 9.80. The van der Waals surface area contributed by atoms with Crippen LogP contribution in [0.15, 0.2) is 24.3 Å². The van der Waals surface area contributed by atoms with Gasteiger partial charge in [-0.25, -0.2) is 0 Å². The third-order valence-electron chi connectivity index (χ3n) is 2.18. The maximum Gasteiger partial charge on any atom is 0.408 e. The average Bonchev–Trinajstić information content (AvgIpc) is 2.26. The van der Waals surface area contributed by atoms with Crippen LogP contribution in [0.1, 0.15) is 13.8 Å². The summed E-state index contributed by atoms with van der Waals surface area (Å²) in [5.74, 6) is -0.0900. The van der Waals surface area contributed by atoms with E-state index >= 15 is 0 Å². The van der Waals surface area contributed by atoms with E-state index in [2.05, 4.69) is 4.98 Å². The van der Waals surface area contributed by atoms with E-state index < -0.39 is 0 Å². The van der Waals surface area contributed by atoms with Gasteiger partial charge in [0.05, 0.1) is 0 Å². The van der Waals surface area contributed by atoms with Crippen LogP contribution in [-0.4, -0.2) is 13.0 Å². The molecule has 0 aliphatic rings. The Bertz CT molecular complexity index is 407. The summed E-state index contributed by atoms with van der Waals surface area (Å²) in [6.45, 7) is 3.66. The third-order valence-corrected chi connectivity index (χ3v) is 2.18. The summed E-state index contributed by atoms with van der Waals surface area (Å²) < 4.78 is 0. The number of nitrogens with zero attached hydrogens (tertiary/aromatic N) is 3. The van der Waals surface area contributed by atoms with Crippen molar-refractivity contribution in [2.24, 2.45) is 5.92 Å². The molecule has 0 unspecified atom stereocenters. The molecule has 0 aliphatic carbocycles. The third kappa shape index (κ3) is 2.32. The lowest BCUT2D eigenvalue weighted by Gasteiger charge is -2.17. The Balaban J connectivity index is 3.07. The molecule has 0 radical (unpaired) electrons. The number of para-hydroxylation sites is 1. The topological polar surface area (TPSA) is 48.5 Å². The van der Waals surface area contributed by atoms with Crippen molar-refractivity contribution in [3.05, 3.63) is 29.2 Å². The van der Waals surface area contributed by atoms with E-state index in [1.807, 2.05) is 13.8 Å². The Morgan fingerprint density at radius 1 is 1.40 bits per heavy atom. The SMILES string of the molecule is CC(C)C(=O)N(C)c1ccccc1[N+]#N. The van der Waals surface area contributed by atoms with Crippen LogP contribution in [0.25, 0.3) is 4.98 Å². The molecule has 0 saturated carbocycles. The van der Waals surface area contributed by atoms with Crippen LogP contribution in [0.5, 0.6) is 0 Å². The highest BCUT2D eigenvalue weighted by Gasteiger charge is 2.22. The van der Waals surface area contributed by atoms with E-state index in [0.29, 0.717) is 11.4 Å². The smallest absolute Gasteiger partial charge is 0.308 e. The summed E-state index contributed by atoms with van der Waals surface area (Å²) in [5.41, 5.74) is 1.01. The van der Waals surface area contributed by atoms with Crippen molar-refractivity contribution in [1.29, 1.82) is 5.39 Å². The number of carbonyl (C=O) groups excluding carboxylic acids is 1. The highest BCUT2D eigenvalue weighted by atomic mass is 16.2. The van der Waals surface area contributed by atoms with Gasteiger partial charge >= 0.3 is 5.69 Å². The quantitative estimate of drug-likeness (QED) is 0.695. The molecule has 0 fully saturated rings. The summed E-state index contributed by atoms with van der Waals surface area (Å²) in [4.78, 5) is 16.4. The van der Waals surface area contributed by atoms with Gasteiger partial charge in [-0.05, 0) is 6.07 Å². The summed E-state index contributed by atoms with van der Waals surface area (Å²) >= 11 is 0. The predicted octanol–water partition coefficient (Wildman–Crippen LogP) is 2.79. The van der Waals surface area contributed by atoms with Gasteiger partial charge in [0.15, 0.2) is 4.98 Å². The van der Waals surface area contributed by atoms with Crippen molar-refractivity contribution >= 4 is 17.3 Å². The maximum atomic E-state index is 11.7. The largest absolute Gasteiger partial charge is 0.408 e. The zero-order valence-corrected chi connectivity index (χ0v) is 9.14. The first-order valence-corrected chi connectivity index (χ1v) is 4.79. The summed E-state index contributed by atoms with van der Waals surface area (Å²) in [7, 11) is 1.67. The Hall–Kier alpha value is -1.89. The second-order valence-electron chi connectivity index (χ2n) is 3.64. The number of benzene rings is 1. The molecule has 0 saturated heterocycles. The molecule has 1 rings (SSSR count). The Morgan fingerprint density at radius 2 is 2.00 bits per heavy atom. The fraction of sp³-hybridized carbons (Fsp3) is 0.364. The van der Waals surface area contributed by atoms with E-state index in [-0.39, 0.29) is 11.8 Å². The van der Waals surface area contributed by atoms with Gasteiger partial charge in [0.1, 0.15) is 5.69 Å². The lowest BCUT2D eigenvalue weighted by molar-refractivity contribution is -0.121. The number of hydrogen-bond acceptors (Lipinski definition) is 2. The molecule has 15 heavy (non-hydrogen) atoms. The molecule has 0 aromatic heterocycles. The minimum atomic E-state index is -0.0817. The molecular weight excluding hydrogens is 190 g/mol. The number of carbonyl (C=O) groups is 1. The first-order valence-electron chi connectivity index (χ1n) is 4.79. The molecule has 1 aromatic rings. The van der Waals surface area contributed by atoms with Crippen molar-refractivity contribution in [3.63, 3.8) is 0 Å². The van der Waals surface area contributed by atoms with Crippen LogP contribution < -0.4 is 4.90 Å². The van der Waals surface area contributed by atoms with Crippen molar-refractivity contribution in [2.45, 2.75) is 13.8 Å². The summed E-state index contributed by atoms with van der Waals surface area (Å²) in [6, 6.07) is 6.95. The van der Waals surface area contributed by atoms with E-state index in [0.717, 1.165) is 0 Å². The van der Waals surface area contributed by atoms with Gasteiger partial charge in [-0.15, -0.1) is 0 Å². The lowest BCUT2D eigenvalue weighted by atomic mass is 10.1. The lowest BCUT2D eigenvalue weighted by Crippen LogP contribution is -2.30. The van der Waals surface area contributed by atoms with Crippen LogP contribution in [0.3, 0.4) is 0 Å². The molecule has 0 heterocycles. The van der Waals surface area contributed by atoms with Crippen LogP contribution in [0.2, 0.25) is 0 Å². The average molecular weight is 204 g/mol. The highest BCUT2D eigenvalue weighted by Crippen LogP contribution is 2.28. The summed E-state index contributed by atoms with van der Waals surface area (Å²) in [5, 5.41) is 8.77. The minimum Gasteiger partial charge on any atom is -0.308 e. The van der Waals surface area contributed by atoms with Crippen molar-refractivity contribution in [1.82, 2.24) is 0 Å². The summed E-state index contributed by atoms with van der Waals surface area (Å²) in [6.07, 6.45) is 0. The number of amides is 1. The maximum absolute atomic E-state index is 11.7. The van der Waals surface area contributed by atoms with Gasteiger partial charge in [-0.1, -0.05) is 26.0 Å². The highest BCUT2D eigenvalue weighted by molar-refractivity contribution is 5.97. The predicted molar refractivity (Wildman–Crippen MR) is 59.4 cm³/mol. The monoisotopic (exact) mass is 204 g/mol. The Morgan fingerprint density at radius 3 is 2.53 bits per heavy atom. The van der Waals surface area contributed by atoms with Gasteiger partial charge in [0, 0.05) is 19.0 Å². The first-order chi connectivity index (χ1) is 7.07. The van der Waals surface area contributed by atoms with Crippen LogP contribution in [0, 0.1) is 11.3 Å². The van der Waals surface area contributed by atoms with E-state index in [1.54, 1.807) is 31.3 Å². The van der Waals surface area contributed by atoms with Crippen molar-refractivity contribution in [3.8, 4) is 0 Å². The van der Waals surface area contributed by atoms with E-state index in [4.69, 9.17) is 5.39 Å². The molecule has 1 aromatic carbocycles.